The molecule has 4 heterocycles. The fourth-order valence-corrected chi connectivity index (χ4v) is 3.18. The number of rotatable bonds is 2. The van der Waals surface area contributed by atoms with E-state index in [4.69, 9.17) is 0 Å². The van der Waals surface area contributed by atoms with Crippen molar-refractivity contribution in [3.8, 4) is 0 Å². The topological polar surface area (TPSA) is 91.4 Å². The van der Waals surface area contributed by atoms with E-state index in [1.165, 1.54) is 4.90 Å². The molecule has 1 aromatic heterocycles. The van der Waals surface area contributed by atoms with Gasteiger partial charge < -0.3 is 10.2 Å². The van der Waals surface area contributed by atoms with Gasteiger partial charge in [-0.1, -0.05) is 0 Å². The van der Waals surface area contributed by atoms with Crippen molar-refractivity contribution in [2.24, 2.45) is 0 Å². The summed E-state index contributed by atoms with van der Waals surface area (Å²) in [6.45, 7) is 2.17. The van der Waals surface area contributed by atoms with Crippen LogP contribution in [0.25, 0.3) is 0 Å². The van der Waals surface area contributed by atoms with Crippen molar-refractivity contribution < 1.29 is 14.4 Å². The van der Waals surface area contributed by atoms with E-state index in [2.05, 4.69) is 15.6 Å². The minimum atomic E-state index is -0.576. The summed E-state index contributed by atoms with van der Waals surface area (Å²) in [6, 6.07) is 3.13. The van der Waals surface area contributed by atoms with Gasteiger partial charge in [0.1, 0.15) is 6.04 Å². The second-order valence-corrected chi connectivity index (χ2v) is 5.99. The Hall–Kier alpha value is -2.28. The summed E-state index contributed by atoms with van der Waals surface area (Å²) in [5.41, 5.74) is 2.30. The lowest BCUT2D eigenvalue weighted by atomic mass is 9.98. The van der Waals surface area contributed by atoms with Gasteiger partial charge in [-0.3, -0.25) is 24.7 Å². The van der Waals surface area contributed by atoms with Gasteiger partial charge in [0.05, 0.1) is 17.8 Å². The molecule has 3 aliphatic rings. The third kappa shape index (κ3) is 2.00. The number of aromatic nitrogens is 1. The Morgan fingerprint density at radius 1 is 1.18 bits per heavy atom. The molecule has 7 heteroatoms. The first-order valence-corrected chi connectivity index (χ1v) is 7.48. The zero-order valence-corrected chi connectivity index (χ0v) is 12.0. The Balaban J connectivity index is 1.58. The van der Waals surface area contributed by atoms with Crippen molar-refractivity contribution in [3.05, 3.63) is 29.1 Å². The van der Waals surface area contributed by atoms with Gasteiger partial charge in [0.2, 0.25) is 11.8 Å². The minimum absolute atomic E-state index is 0.171. The number of amides is 3. The van der Waals surface area contributed by atoms with E-state index in [0.717, 1.165) is 24.5 Å². The highest BCUT2D eigenvalue weighted by molar-refractivity contribution is 6.05. The molecule has 0 aliphatic carbocycles. The number of pyridine rings is 1. The van der Waals surface area contributed by atoms with Gasteiger partial charge in [-0.15, -0.1) is 0 Å². The molecule has 1 atom stereocenters. The third-order valence-corrected chi connectivity index (χ3v) is 4.59. The van der Waals surface area contributed by atoms with Crippen LogP contribution in [-0.4, -0.2) is 46.7 Å². The minimum Gasteiger partial charge on any atom is -0.321 e. The van der Waals surface area contributed by atoms with E-state index >= 15 is 0 Å². The van der Waals surface area contributed by atoms with E-state index in [1.54, 1.807) is 0 Å². The van der Waals surface area contributed by atoms with Crippen LogP contribution in [0.15, 0.2) is 12.1 Å². The Kier molecular flexibility index (Phi) is 2.97. The quantitative estimate of drug-likeness (QED) is 0.721. The summed E-state index contributed by atoms with van der Waals surface area (Å²) >= 11 is 0. The molecule has 22 heavy (non-hydrogen) atoms. The normalized spacial score (nSPS) is 25.0. The number of imide groups is 1. The van der Waals surface area contributed by atoms with Crippen molar-refractivity contribution in [1.29, 1.82) is 0 Å². The number of nitrogens with one attached hydrogen (secondary N) is 2. The van der Waals surface area contributed by atoms with Gasteiger partial charge in [0, 0.05) is 31.1 Å². The highest BCUT2D eigenvalue weighted by Gasteiger charge is 2.40. The number of nitrogens with zero attached hydrogens (tertiary/aromatic N) is 2. The Morgan fingerprint density at radius 3 is 2.68 bits per heavy atom. The summed E-state index contributed by atoms with van der Waals surface area (Å²) in [5.74, 6) is -0.426. The Morgan fingerprint density at radius 2 is 2.00 bits per heavy atom. The molecule has 0 radical (unpaired) electrons. The predicted molar refractivity (Wildman–Crippen MR) is 75.9 cm³/mol. The van der Waals surface area contributed by atoms with E-state index in [9.17, 15) is 14.4 Å². The highest BCUT2D eigenvalue weighted by atomic mass is 16.2. The molecule has 1 aromatic rings. The first kappa shape index (κ1) is 13.4. The molecule has 7 nitrogen and oxygen atoms in total. The van der Waals surface area contributed by atoms with Gasteiger partial charge in [0.15, 0.2) is 0 Å². The average molecular weight is 300 g/mol. The number of carbonyl (C=O) groups is 3. The predicted octanol–water partition coefficient (Wildman–Crippen LogP) is -0.471. The van der Waals surface area contributed by atoms with Crippen LogP contribution in [0.4, 0.5) is 0 Å². The molecule has 3 amide bonds. The zero-order chi connectivity index (χ0) is 15.3. The lowest BCUT2D eigenvalue weighted by molar-refractivity contribution is -0.136. The van der Waals surface area contributed by atoms with E-state index in [-0.39, 0.29) is 24.1 Å². The van der Waals surface area contributed by atoms with Gasteiger partial charge in [0.25, 0.3) is 5.91 Å². The van der Waals surface area contributed by atoms with Crippen molar-refractivity contribution in [2.45, 2.75) is 31.3 Å². The zero-order valence-electron chi connectivity index (χ0n) is 12.0. The molecule has 0 bridgehead atoms. The lowest BCUT2D eigenvalue weighted by Crippen LogP contribution is -2.52. The van der Waals surface area contributed by atoms with E-state index < -0.39 is 6.04 Å². The number of hydrogen-bond acceptors (Lipinski definition) is 5. The second-order valence-electron chi connectivity index (χ2n) is 5.99. The van der Waals surface area contributed by atoms with Crippen molar-refractivity contribution in [1.82, 2.24) is 20.5 Å². The number of piperidine rings is 1. The molecule has 0 saturated carbocycles. The molecule has 3 aliphatic heterocycles. The summed E-state index contributed by atoms with van der Waals surface area (Å²) in [6.07, 6.45) is 0.646. The summed E-state index contributed by atoms with van der Waals surface area (Å²) in [4.78, 5) is 41.8. The molecule has 4 rings (SSSR count). The maximum atomic E-state index is 12.5. The number of carbonyl (C=O) groups excluding carboxylic acids is 3. The van der Waals surface area contributed by atoms with Crippen LogP contribution < -0.4 is 10.6 Å². The Bertz CT molecular complexity index is 683. The molecule has 1 unspecified atom stereocenters. The first-order chi connectivity index (χ1) is 10.6. The van der Waals surface area contributed by atoms with Crippen molar-refractivity contribution in [2.75, 3.05) is 13.1 Å². The molecule has 2 fully saturated rings. The monoisotopic (exact) mass is 300 g/mol. The lowest BCUT2D eigenvalue weighted by Gasteiger charge is -2.29. The molecule has 0 spiro atoms. The van der Waals surface area contributed by atoms with Crippen LogP contribution in [0.3, 0.4) is 0 Å². The standard InChI is InChI=1S/C15H16N4O3/c20-13-4-3-12(14(21)18-13)19-7-11-9(15(19)22)1-2-10(17-11)8-5-16-6-8/h1-2,8,12,16H,3-7H2,(H,18,20,21). The summed E-state index contributed by atoms with van der Waals surface area (Å²) < 4.78 is 0. The second kappa shape index (κ2) is 4.88. The van der Waals surface area contributed by atoms with Gasteiger partial charge in [-0.25, -0.2) is 0 Å². The van der Waals surface area contributed by atoms with Gasteiger partial charge in [-0.2, -0.15) is 0 Å². The summed E-state index contributed by atoms with van der Waals surface area (Å²) in [7, 11) is 0. The van der Waals surface area contributed by atoms with Crippen LogP contribution in [-0.2, 0) is 16.1 Å². The maximum absolute atomic E-state index is 12.5. The number of fused-ring (bicyclic) bond motifs is 1. The van der Waals surface area contributed by atoms with Gasteiger partial charge in [-0.05, 0) is 18.6 Å². The van der Waals surface area contributed by atoms with Crippen molar-refractivity contribution in [3.63, 3.8) is 0 Å². The fraction of sp³-hybridized carbons (Fsp3) is 0.467. The van der Waals surface area contributed by atoms with E-state index in [0.29, 0.717) is 24.4 Å². The third-order valence-electron chi connectivity index (χ3n) is 4.59. The molecule has 2 N–H and O–H groups in total. The highest BCUT2D eigenvalue weighted by Crippen LogP contribution is 2.28. The molecule has 2 saturated heterocycles. The fourth-order valence-electron chi connectivity index (χ4n) is 3.18. The van der Waals surface area contributed by atoms with Crippen LogP contribution in [0.5, 0.6) is 0 Å². The van der Waals surface area contributed by atoms with Crippen LogP contribution >= 0.6 is 0 Å². The van der Waals surface area contributed by atoms with Crippen LogP contribution in [0.2, 0.25) is 0 Å². The Labute approximate surface area is 127 Å². The van der Waals surface area contributed by atoms with E-state index in [1.807, 2.05) is 12.1 Å². The van der Waals surface area contributed by atoms with Crippen molar-refractivity contribution >= 4 is 17.7 Å². The maximum Gasteiger partial charge on any atom is 0.256 e. The van der Waals surface area contributed by atoms with Gasteiger partial charge >= 0.3 is 0 Å². The molecule has 114 valence electrons. The molecular weight excluding hydrogens is 284 g/mol. The summed E-state index contributed by atoms with van der Waals surface area (Å²) in [5, 5.41) is 5.51. The average Bonchev–Trinajstić information content (AvgIpc) is 2.74. The molecular formula is C15H16N4O3. The molecule has 0 aromatic carbocycles. The SMILES string of the molecule is O=C1CCC(N2Cc3nc(C4CNC4)ccc3C2=O)C(=O)N1. The largest absolute Gasteiger partial charge is 0.321 e. The first-order valence-electron chi connectivity index (χ1n) is 7.48. The smallest absolute Gasteiger partial charge is 0.256 e. The number of hydrogen-bond donors (Lipinski definition) is 2. The van der Waals surface area contributed by atoms with Crippen LogP contribution in [0.1, 0.15) is 40.5 Å². The van der Waals surface area contributed by atoms with Crippen LogP contribution in [0, 0.1) is 0 Å².